The van der Waals surface area contributed by atoms with Crippen molar-refractivity contribution in [3.63, 3.8) is 0 Å². The minimum atomic E-state index is 0.222. The lowest BCUT2D eigenvalue weighted by atomic mass is 10.0. The normalized spacial score (nSPS) is 17.7. The minimum Gasteiger partial charge on any atom is -0.316 e. The molecule has 0 saturated carbocycles. The molecule has 2 rings (SSSR count). The summed E-state index contributed by atoms with van der Waals surface area (Å²) in [6.45, 7) is 6.96. The third kappa shape index (κ3) is 3.10. The number of anilines is 1. The molecule has 1 aromatic carbocycles. The van der Waals surface area contributed by atoms with E-state index in [-0.39, 0.29) is 5.91 Å². The molecule has 98 valence electrons. The van der Waals surface area contributed by atoms with Crippen molar-refractivity contribution in [1.82, 2.24) is 5.32 Å². The fourth-order valence-electron chi connectivity index (χ4n) is 2.25. The molecular weight excluding hydrogens is 224 g/mol. The average molecular weight is 246 g/mol. The number of nitrogens with one attached hydrogen (secondary N) is 1. The van der Waals surface area contributed by atoms with E-state index in [1.807, 2.05) is 4.90 Å². The van der Waals surface area contributed by atoms with Crippen LogP contribution in [-0.2, 0) is 4.79 Å². The first kappa shape index (κ1) is 13.1. The molecule has 1 aliphatic heterocycles. The molecule has 0 atom stereocenters. The second kappa shape index (κ2) is 6.01. The highest BCUT2D eigenvalue weighted by Gasteiger charge is 2.16. The number of amides is 1. The first-order valence-corrected chi connectivity index (χ1v) is 6.79. The summed E-state index contributed by atoms with van der Waals surface area (Å²) in [6, 6.07) is 8.40. The fourth-order valence-corrected chi connectivity index (χ4v) is 2.25. The summed E-state index contributed by atoms with van der Waals surface area (Å²) in [5.41, 5.74) is 2.35. The van der Waals surface area contributed by atoms with Gasteiger partial charge >= 0.3 is 0 Å². The van der Waals surface area contributed by atoms with Gasteiger partial charge in [0.25, 0.3) is 0 Å². The van der Waals surface area contributed by atoms with Crippen LogP contribution in [0.4, 0.5) is 5.69 Å². The summed E-state index contributed by atoms with van der Waals surface area (Å²) in [4.78, 5) is 14.0. The van der Waals surface area contributed by atoms with Gasteiger partial charge in [-0.05, 0) is 36.6 Å². The fraction of sp³-hybridized carbons (Fsp3) is 0.533. The van der Waals surface area contributed by atoms with Gasteiger partial charge in [-0.15, -0.1) is 0 Å². The maximum atomic E-state index is 12.1. The maximum absolute atomic E-state index is 12.1. The van der Waals surface area contributed by atoms with Crippen LogP contribution in [-0.4, -0.2) is 25.5 Å². The second-order valence-corrected chi connectivity index (χ2v) is 5.15. The smallest absolute Gasteiger partial charge is 0.228 e. The van der Waals surface area contributed by atoms with Crippen molar-refractivity contribution in [3.05, 3.63) is 29.8 Å². The van der Waals surface area contributed by atoms with Crippen molar-refractivity contribution in [1.29, 1.82) is 0 Å². The Bertz CT molecular complexity index is 397. The molecular formula is C15H22N2O. The molecule has 0 aliphatic carbocycles. The van der Waals surface area contributed by atoms with E-state index in [0.717, 1.165) is 31.7 Å². The largest absolute Gasteiger partial charge is 0.316 e. The molecule has 0 unspecified atom stereocenters. The topological polar surface area (TPSA) is 32.3 Å². The van der Waals surface area contributed by atoms with Crippen molar-refractivity contribution in [2.45, 2.75) is 32.6 Å². The van der Waals surface area contributed by atoms with Gasteiger partial charge in [-0.1, -0.05) is 26.0 Å². The van der Waals surface area contributed by atoms with Crippen molar-refractivity contribution in [3.8, 4) is 0 Å². The van der Waals surface area contributed by atoms with E-state index in [9.17, 15) is 4.79 Å². The Kier molecular flexibility index (Phi) is 4.37. The van der Waals surface area contributed by atoms with Crippen LogP contribution in [0, 0.1) is 0 Å². The Morgan fingerprint density at radius 3 is 2.56 bits per heavy atom. The van der Waals surface area contributed by atoms with E-state index in [1.54, 1.807) is 0 Å². The maximum Gasteiger partial charge on any atom is 0.228 e. The van der Waals surface area contributed by atoms with E-state index in [1.165, 1.54) is 5.56 Å². The molecule has 1 N–H and O–H groups in total. The summed E-state index contributed by atoms with van der Waals surface area (Å²) in [6.07, 6.45) is 1.60. The van der Waals surface area contributed by atoms with Gasteiger partial charge in [0.1, 0.15) is 0 Å². The molecule has 0 spiro atoms. The van der Waals surface area contributed by atoms with Crippen molar-refractivity contribution >= 4 is 11.6 Å². The summed E-state index contributed by atoms with van der Waals surface area (Å²) < 4.78 is 0. The van der Waals surface area contributed by atoms with Crippen molar-refractivity contribution in [2.75, 3.05) is 24.5 Å². The molecule has 3 heteroatoms. The molecule has 1 heterocycles. The highest BCUT2D eigenvalue weighted by Crippen LogP contribution is 2.21. The van der Waals surface area contributed by atoms with Crippen LogP contribution in [0.2, 0.25) is 0 Å². The third-order valence-electron chi connectivity index (χ3n) is 3.42. The predicted molar refractivity (Wildman–Crippen MR) is 75.0 cm³/mol. The summed E-state index contributed by atoms with van der Waals surface area (Å²) in [5, 5.41) is 3.27. The Hall–Kier alpha value is -1.35. The predicted octanol–water partition coefficient (Wildman–Crippen LogP) is 2.53. The van der Waals surface area contributed by atoms with Gasteiger partial charge in [0.2, 0.25) is 5.91 Å². The minimum absolute atomic E-state index is 0.222. The highest BCUT2D eigenvalue weighted by molar-refractivity contribution is 5.93. The van der Waals surface area contributed by atoms with Crippen LogP contribution < -0.4 is 10.2 Å². The van der Waals surface area contributed by atoms with Crippen molar-refractivity contribution in [2.24, 2.45) is 0 Å². The number of hydrogen-bond donors (Lipinski definition) is 1. The zero-order valence-electron chi connectivity index (χ0n) is 11.3. The van der Waals surface area contributed by atoms with Gasteiger partial charge in [-0.25, -0.2) is 0 Å². The molecule has 1 aliphatic rings. The Morgan fingerprint density at radius 2 is 1.89 bits per heavy atom. The molecule has 1 aromatic rings. The molecule has 1 saturated heterocycles. The zero-order chi connectivity index (χ0) is 13.0. The van der Waals surface area contributed by atoms with Gasteiger partial charge in [-0.3, -0.25) is 4.79 Å². The monoisotopic (exact) mass is 246 g/mol. The Labute approximate surface area is 109 Å². The van der Waals surface area contributed by atoms with Crippen LogP contribution in [0.1, 0.15) is 38.2 Å². The quantitative estimate of drug-likeness (QED) is 0.869. The van der Waals surface area contributed by atoms with Gasteiger partial charge in [-0.2, -0.15) is 0 Å². The van der Waals surface area contributed by atoms with Crippen LogP contribution in [0.3, 0.4) is 0 Å². The molecule has 0 radical (unpaired) electrons. The van der Waals surface area contributed by atoms with Gasteiger partial charge < -0.3 is 10.2 Å². The van der Waals surface area contributed by atoms with E-state index in [4.69, 9.17) is 0 Å². The van der Waals surface area contributed by atoms with Crippen molar-refractivity contribution < 1.29 is 4.79 Å². The molecule has 1 fully saturated rings. The SMILES string of the molecule is CC(C)c1ccc(N2CCCNCCC2=O)cc1. The van der Waals surface area contributed by atoms with Gasteiger partial charge in [0, 0.05) is 25.2 Å². The number of carbonyl (C=O) groups is 1. The van der Waals surface area contributed by atoms with Crippen LogP contribution in [0.5, 0.6) is 0 Å². The molecule has 18 heavy (non-hydrogen) atoms. The third-order valence-corrected chi connectivity index (χ3v) is 3.42. The summed E-state index contributed by atoms with van der Waals surface area (Å²) in [7, 11) is 0. The second-order valence-electron chi connectivity index (χ2n) is 5.15. The summed E-state index contributed by atoms with van der Waals surface area (Å²) >= 11 is 0. The van der Waals surface area contributed by atoms with Crippen LogP contribution >= 0.6 is 0 Å². The lowest BCUT2D eigenvalue weighted by Crippen LogP contribution is -2.38. The van der Waals surface area contributed by atoms with Gasteiger partial charge in [0.15, 0.2) is 0 Å². The van der Waals surface area contributed by atoms with E-state index >= 15 is 0 Å². The average Bonchev–Trinajstić information content (AvgIpc) is 2.35. The number of hydrogen-bond acceptors (Lipinski definition) is 2. The first-order chi connectivity index (χ1) is 8.68. The lowest BCUT2D eigenvalue weighted by molar-refractivity contribution is -0.118. The number of rotatable bonds is 2. The van der Waals surface area contributed by atoms with E-state index < -0.39 is 0 Å². The van der Waals surface area contributed by atoms with Crippen LogP contribution in [0.25, 0.3) is 0 Å². The van der Waals surface area contributed by atoms with E-state index in [2.05, 4.69) is 43.4 Å². The molecule has 1 amide bonds. The van der Waals surface area contributed by atoms with Gasteiger partial charge in [0.05, 0.1) is 0 Å². The summed E-state index contributed by atoms with van der Waals surface area (Å²) in [5.74, 6) is 0.755. The van der Waals surface area contributed by atoms with E-state index in [0.29, 0.717) is 12.3 Å². The van der Waals surface area contributed by atoms with Crippen LogP contribution in [0.15, 0.2) is 24.3 Å². The molecule has 3 nitrogen and oxygen atoms in total. The Balaban J connectivity index is 2.14. The zero-order valence-corrected chi connectivity index (χ0v) is 11.3. The number of nitrogens with zero attached hydrogens (tertiary/aromatic N) is 1. The standard InChI is InChI=1S/C15H22N2O/c1-12(2)13-4-6-14(7-5-13)17-11-3-9-16-10-8-15(17)18/h4-7,12,16H,3,8-11H2,1-2H3. The number of benzene rings is 1. The first-order valence-electron chi connectivity index (χ1n) is 6.79. The number of carbonyl (C=O) groups excluding carboxylic acids is 1. The highest BCUT2D eigenvalue weighted by atomic mass is 16.2. The lowest BCUT2D eigenvalue weighted by Gasteiger charge is -2.25. The molecule has 0 bridgehead atoms. The Morgan fingerprint density at radius 1 is 1.17 bits per heavy atom. The molecule has 0 aromatic heterocycles.